The fourth-order valence-corrected chi connectivity index (χ4v) is 1.90. The van der Waals surface area contributed by atoms with Crippen LogP contribution in [0.5, 0.6) is 0 Å². The van der Waals surface area contributed by atoms with Gasteiger partial charge >= 0.3 is 12.0 Å². The Morgan fingerprint density at radius 2 is 2.00 bits per heavy atom. The second-order valence-electron chi connectivity index (χ2n) is 4.16. The van der Waals surface area contributed by atoms with E-state index in [0.717, 1.165) is 16.0 Å². The van der Waals surface area contributed by atoms with Gasteiger partial charge in [0, 0.05) is 0 Å². The van der Waals surface area contributed by atoms with E-state index in [1.807, 2.05) is 0 Å². The number of methoxy groups -OCH3 is 1. The first-order valence-corrected chi connectivity index (χ1v) is 5.83. The van der Waals surface area contributed by atoms with E-state index in [9.17, 15) is 14.4 Å². The summed E-state index contributed by atoms with van der Waals surface area (Å²) in [6, 6.07) is 6.77. The molecule has 1 saturated heterocycles. The second-order valence-corrected chi connectivity index (χ2v) is 4.16. The zero-order valence-electron chi connectivity index (χ0n) is 10.5. The Hall–Kier alpha value is -2.37. The van der Waals surface area contributed by atoms with Crippen LogP contribution in [-0.2, 0) is 27.3 Å². The summed E-state index contributed by atoms with van der Waals surface area (Å²) in [5.41, 5.74) is 1.51. The molecule has 0 atom stereocenters. The molecule has 6 heteroatoms. The summed E-state index contributed by atoms with van der Waals surface area (Å²) < 4.78 is 4.62. The van der Waals surface area contributed by atoms with Gasteiger partial charge in [0.25, 0.3) is 0 Å². The van der Waals surface area contributed by atoms with E-state index >= 15 is 0 Å². The van der Waals surface area contributed by atoms with Crippen molar-refractivity contribution in [1.82, 2.24) is 10.2 Å². The van der Waals surface area contributed by atoms with Crippen molar-refractivity contribution in [3.05, 3.63) is 35.4 Å². The molecule has 0 unspecified atom stereocenters. The van der Waals surface area contributed by atoms with Crippen LogP contribution in [0.15, 0.2) is 24.3 Å². The van der Waals surface area contributed by atoms with Crippen molar-refractivity contribution in [2.45, 2.75) is 13.0 Å². The van der Waals surface area contributed by atoms with Crippen LogP contribution in [0, 0.1) is 0 Å². The SMILES string of the molecule is COC(=O)Cc1ccccc1CN1C(=O)CNC1=O. The summed E-state index contributed by atoms with van der Waals surface area (Å²) in [4.78, 5) is 35.5. The summed E-state index contributed by atoms with van der Waals surface area (Å²) in [5, 5.41) is 2.46. The Balaban J connectivity index is 2.18. The fraction of sp³-hybridized carbons (Fsp3) is 0.308. The van der Waals surface area contributed by atoms with Crippen LogP contribution in [0.1, 0.15) is 11.1 Å². The Kier molecular flexibility index (Phi) is 3.79. The van der Waals surface area contributed by atoms with Crippen molar-refractivity contribution in [2.24, 2.45) is 0 Å². The number of esters is 1. The van der Waals surface area contributed by atoms with Gasteiger partial charge in [-0.3, -0.25) is 14.5 Å². The normalized spacial score (nSPS) is 14.5. The van der Waals surface area contributed by atoms with Crippen LogP contribution >= 0.6 is 0 Å². The first-order valence-electron chi connectivity index (χ1n) is 5.83. The van der Waals surface area contributed by atoms with Crippen molar-refractivity contribution < 1.29 is 19.1 Å². The minimum Gasteiger partial charge on any atom is -0.469 e. The van der Waals surface area contributed by atoms with Crippen molar-refractivity contribution in [1.29, 1.82) is 0 Å². The van der Waals surface area contributed by atoms with E-state index in [2.05, 4.69) is 10.1 Å². The number of nitrogens with one attached hydrogen (secondary N) is 1. The lowest BCUT2D eigenvalue weighted by Gasteiger charge is -2.15. The molecular formula is C13H14N2O4. The Morgan fingerprint density at radius 3 is 2.58 bits per heavy atom. The minimum absolute atomic E-state index is 0.0258. The molecule has 1 fully saturated rings. The largest absolute Gasteiger partial charge is 0.469 e. The Labute approximate surface area is 110 Å². The average molecular weight is 262 g/mol. The quantitative estimate of drug-likeness (QED) is 0.631. The number of carbonyl (C=O) groups excluding carboxylic acids is 3. The molecule has 0 bridgehead atoms. The van der Waals surface area contributed by atoms with Gasteiger partial charge in [-0.2, -0.15) is 0 Å². The van der Waals surface area contributed by atoms with E-state index < -0.39 is 6.03 Å². The molecule has 6 nitrogen and oxygen atoms in total. The molecule has 1 aromatic rings. The van der Waals surface area contributed by atoms with Crippen LogP contribution in [-0.4, -0.2) is 36.5 Å². The molecule has 100 valence electrons. The first kappa shape index (κ1) is 13.1. The van der Waals surface area contributed by atoms with Gasteiger partial charge in [-0.05, 0) is 11.1 Å². The molecule has 0 spiro atoms. The van der Waals surface area contributed by atoms with E-state index in [1.54, 1.807) is 24.3 Å². The minimum atomic E-state index is -0.405. The average Bonchev–Trinajstić information content (AvgIpc) is 2.72. The lowest BCUT2D eigenvalue weighted by Crippen LogP contribution is -2.30. The van der Waals surface area contributed by atoms with E-state index in [0.29, 0.717) is 0 Å². The number of imide groups is 1. The van der Waals surface area contributed by atoms with Crippen LogP contribution in [0.4, 0.5) is 4.79 Å². The predicted molar refractivity (Wildman–Crippen MR) is 66.1 cm³/mol. The number of ether oxygens (including phenoxy) is 1. The standard InChI is InChI=1S/C13H14N2O4/c1-19-12(17)6-9-4-2-3-5-10(9)8-15-11(16)7-14-13(15)18/h2-5H,6-8H2,1H3,(H,14,18). The third kappa shape index (κ3) is 2.90. The Bertz CT molecular complexity index is 511. The maximum atomic E-state index is 11.5. The summed E-state index contributed by atoms with van der Waals surface area (Å²) in [7, 11) is 1.32. The first-order chi connectivity index (χ1) is 9.11. The third-order valence-electron chi connectivity index (χ3n) is 2.95. The maximum Gasteiger partial charge on any atom is 0.324 e. The number of hydrogen-bond donors (Lipinski definition) is 1. The highest BCUT2D eigenvalue weighted by molar-refractivity contribution is 6.01. The fourth-order valence-electron chi connectivity index (χ4n) is 1.90. The Morgan fingerprint density at radius 1 is 1.32 bits per heavy atom. The van der Waals surface area contributed by atoms with Crippen LogP contribution in [0.2, 0.25) is 0 Å². The lowest BCUT2D eigenvalue weighted by atomic mass is 10.0. The predicted octanol–water partition coefficient (Wildman–Crippen LogP) is 0.454. The summed E-state index contributed by atoms with van der Waals surface area (Å²) in [5.74, 6) is -0.623. The number of amides is 3. The van der Waals surface area contributed by atoms with Gasteiger partial charge < -0.3 is 10.1 Å². The van der Waals surface area contributed by atoms with Crippen molar-refractivity contribution in [3.8, 4) is 0 Å². The number of urea groups is 1. The van der Waals surface area contributed by atoms with Gasteiger partial charge in [-0.15, -0.1) is 0 Å². The monoisotopic (exact) mass is 262 g/mol. The maximum absolute atomic E-state index is 11.5. The number of rotatable bonds is 4. The molecule has 0 saturated carbocycles. The molecule has 0 aliphatic carbocycles. The lowest BCUT2D eigenvalue weighted by molar-refractivity contribution is -0.139. The summed E-state index contributed by atoms with van der Waals surface area (Å²) in [6.07, 6.45) is 0.121. The molecule has 1 N–H and O–H groups in total. The molecule has 0 aromatic heterocycles. The molecule has 3 amide bonds. The van der Waals surface area contributed by atoms with Gasteiger partial charge in [0.05, 0.1) is 26.6 Å². The highest BCUT2D eigenvalue weighted by Crippen LogP contribution is 2.14. The second kappa shape index (κ2) is 5.51. The third-order valence-corrected chi connectivity index (χ3v) is 2.95. The molecule has 0 radical (unpaired) electrons. The molecule has 1 aliphatic rings. The summed E-state index contributed by atoms with van der Waals surface area (Å²) >= 11 is 0. The highest BCUT2D eigenvalue weighted by atomic mass is 16.5. The molecule has 19 heavy (non-hydrogen) atoms. The van der Waals surface area contributed by atoms with Gasteiger partial charge in [-0.1, -0.05) is 24.3 Å². The van der Waals surface area contributed by atoms with E-state index in [1.165, 1.54) is 7.11 Å². The summed E-state index contributed by atoms with van der Waals surface area (Å²) in [6.45, 7) is 0.190. The smallest absolute Gasteiger partial charge is 0.324 e. The van der Waals surface area contributed by atoms with Gasteiger partial charge in [-0.25, -0.2) is 4.79 Å². The van der Waals surface area contributed by atoms with Gasteiger partial charge in [0.1, 0.15) is 0 Å². The van der Waals surface area contributed by atoms with Crippen molar-refractivity contribution in [2.75, 3.05) is 13.7 Å². The van der Waals surface area contributed by atoms with Gasteiger partial charge in [0.15, 0.2) is 0 Å². The molecule has 1 aromatic carbocycles. The van der Waals surface area contributed by atoms with Crippen LogP contribution in [0.25, 0.3) is 0 Å². The van der Waals surface area contributed by atoms with Gasteiger partial charge in [0.2, 0.25) is 5.91 Å². The molecule has 1 heterocycles. The zero-order valence-corrected chi connectivity index (χ0v) is 10.5. The number of benzene rings is 1. The zero-order chi connectivity index (χ0) is 13.8. The molecular weight excluding hydrogens is 248 g/mol. The van der Waals surface area contributed by atoms with Crippen molar-refractivity contribution >= 4 is 17.9 Å². The van der Waals surface area contributed by atoms with E-state index in [4.69, 9.17) is 0 Å². The number of hydrogen-bond acceptors (Lipinski definition) is 4. The number of nitrogens with zero attached hydrogens (tertiary/aromatic N) is 1. The topological polar surface area (TPSA) is 75.7 Å². The number of carbonyl (C=O) groups is 3. The molecule has 2 rings (SSSR count). The van der Waals surface area contributed by atoms with E-state index in [-0.39, 0.29) is 31.4 Å². The highest BCUT2D eigenvalue weighted by Gasteiger charge is 2.28. The van der Waals surface area contributed by atoms with Crippen molar-refractivity contribution in [3.63, 3.8) is 0 Å². The molecule has 1 aliphatic heterocycles. The van der Waals surface area contributed by atoms with Crippen LogP contribution < -0.4 is 5.32 Å². The van der Waals surface area contributed by atoms with Crippen LogP contribution in [0.3, 0.4) is 0 Å².